The molecule has 2 aromatic rings. The topological polar surface area (TPSA) is 81.1 Å². The lowest BCUT2D eigenvalue weighted by molar-refractivity contribution is 0.628. The molecule has 0 aliphatic heterocycles. The SMILES string of the molecule is Nc1cnc(Cl)nc1N(N)c1ccc(F)cc1. The van der Waals surface area contributed by atoms with Crippen molar-refractivity contribution in [2.45, 2.75) is 0 Å². The Bertz CT molecular complexity index is 531. The van der Waals surface area contributed by atoms with E-state index >= 15 is 0 Å². The third-order valence-electron chi connectivity index (χ3n) is 2.10. The lowest BCUT2D eigenvalue weighted by atomic mass is 10.3. The average molecular weight is 254 g/mol. The molecule has 0 bridgehead atoms. The molecule has 88 valence electrons. The zero-order valence-electron chi connectivity index (χ0n) is 8.64. The van der Waals surface area contributed by atoms with Crippen molar-refractivity contribution in [1.29, 1.82) is 0 Å². The Kier molecular flexibility index (Phi) is 3.08. The maximum atomic E-state index is 12.8. The summed E-state index contributed by atoms with van der Waals surface area (Å²) in [5.74, 6) is 5.73. The van der Waals surface area contributed by atoms with Gasteiger partial charge in [0.15, 0.2) is 5.82 Å². The van der Waals surface area contributed by atoms with Crippen molar-refractivity contribution in [3.05, 3.63) is 41.6 Å². The largest absolute Gasteiger partial charge is 0.394 e. The Morgan fingerprint density at radius 1 is 1.24 bits per heavy atom. The van der Waals surface area contributed by atoms with Crippen LogP contribution < -0.4 is 16.6 Å². The molecule has 0 aliphatic rings. The molecule has 7 heteroatoms. The fraction of sp³-hybridized carbons (Fsp3) is 0. The monoisotopic (exact) mass is 253 g/mol. The van der Waals surface area contributed by atoms with Gasteiger partial charge in [0.2, 0.25) is 5.28 Å². The minimum Gasteiger partial charge on any atom is -0.394 e. The standard InChI is InChI=1S/C10H9ClFN5/c11-10-15-5-8(13)9(16-10)17(14)7-3-1-6(12)2-4-7/h1-5H,13-14H2. The summed E-state index contributed by atoms with van der Waals surface area (Å²) in [6.07, 6.45) is 1.36. The number of nitrogen functional groups attached to an aromatic ring is 1. The number of nitrogens with two attached hydrogens (primary N) is 2. The van der Waals surface area contributed by atoms with Gasteiger partial charge in [0.05, 0.1) is 17.6 Å². The summed E-state index contributed by atoms with van der Waals surface area (Å²) in [7, 11) is 0. The molecule has 17 heavy (non-hydrogen) atoms. The van der Waals surface area contributed by atoms with E-state index in [0.29, 0.717) is 5.69 Å². The third-order valence-corrected chi connectivity index (χ3v) is 2.28. The molecule has 2 rings (SSSR count). The van der Waals surface area contributed by atoms with Crippen molar-refractivity contribution in [1.82, 2.24) is 9.97 Å². The molecule has 0 unspecified atom stereocenters. The summed E-state index contributed by atoms with van der Waals surface area (Å²) in [5, 5.41) is 1.24. The first-order valence-corrected chi connectivity index (χ1v) is 5.04. The van der Waals surface area contributed by atoms with Crippen LogP contribution in [0.3, 0.4) is 0 Å². The fourth-order valence-electron chi connectivity index (χ4n) is 1.28. The second-order valence-electron chi connectivity index (χ2n) is 3.26. The van der Waals surface area contributed by atoms with Crippen LogP contribution in [0.4, 0.5) is 21.6 Å². The quantitative estimate of drug-likeness (QED) is 0.485. The van der Waals surface area contributed by atoms with E-state index in [1.165, 1.54) is 35.5 Å². The van der Waals surface area contributed by atoms with Crippen molar-refractivity contribution < 1.29 is 4.39 Å². The minimum absolute atomic E-state index is 0.0340. The number of hydrogen-bond acceptors (Lipinski definition) is 5. The molecule has 1 aromatic heterocycles. The zero-order valence-corrected chi connectivity index (χ0v) is 9.39. The molecule has 0 aliphatic carbocycles. The van der Waals surface area contributed by atoms with Crippen LogP contribution in [0.1, 0.15) is 0 Å². The van der Waals surface area contributed by atoms with Crippen LogP contribution >= 0.6 is 11.6 Å². The first-order valence-electron chi connectivity index (χ1n) is 4.66. The van der Waals surface area contributed by atoms with Crippen LogP contribution in [0.15, 0.2) is 30.5 Å². The highest BCUT2D eigenvalue weighted by Crippen LogP contribution is 2.25. The average Bonchev–Trinajstić information content (AvgIpc) is 2.32. The van der Waals surface area contributed by atoms with Gasteiger partial charge in [0, 0.05) is 0 Å². The normalized spacial score (nSPS) is 10.3. The summed E-state index contributed by atoms with van der Waals surface area (Å²) in [6.45, 7) is 0. The number of hydrogen-bond donors (Lipinski definition) is 2. The first-order chi connectivity index (χ1) is 8.08. The van der Waals surface area contributed by atoms with Crippen LogP contribution in [-0.4, -0.2) is 9.97 Å². The smallest absolute Gasteiger partial charge is 0.224 e. The number of anilines is 3. The van der Waals surface area contributed by atoms with Crippen molar-refractivity contribution in [2.75, 3.05) is 10.7 Å². The maximum absolute atomic E-state index is 12.8. The van der Waals surface area contributed by atoms with E-state index in [-0.39, 0.29) is 22.6 Å². The van der Waals surface area contributed by atoms with Crippen LogP contribution in [0.25, 0.3) is 0 Å². The van der Waals surface area contributed by atoms with Gasteiger partial charge in [-0.25, -0.2) is 15.2 Å². The summed E-state index contributed by atoms with van der Waals surface area (Å²) in [6, 6.07) is 5.58. The van der Waals surface area contributed by atoms with E-state index in [2.05, 4.69) is 9.97 Å². The number of benzene rings is 1. The van der Waals surface area contributed by atoms with Crippen molar-refractivity contribution in [3.63, 3.8) is 0 Å². The molecule has 1 heterocycles. The number of hydrazine groups is 1. The summed E-state index contributed by atoms with van der Waals surface area (Å²) in [5.41, 5.74) is 6.49. The molecule has 1 aromatic carbocycles. The van der Waals surface area contributed by atoms with Crippen LogP contribution in [0.5, 0.6) is 0 Å². The number of rotatable bonds is 2. The number of aromatic nitrogens is 2. The Labute approximate surface area is 102 Å². The second-order valence-corrected chi connectivity index (χ2v) is 3.60. The van der Waals surface area contributed by atoms with Gasteiger partial charge < -0.3 is 5.73 Å². The highest BCUT2D eigenvalue weighted by Gasteiger charge is 2.11. The highest BCUT2D eigenvalue weighted by atomic mass is 35.5. The van der Waals surface area contributed by atoms with E-state index in [4.69, 9.17) is 23.2 Å². The second kappa shape index (κ2) is 4.52. The summed E-state index contributed by atoms with van der Waals surface area (Å²) >= 11 is 5.65. The predicted octanol–water partition coefficient (Wildman–Crippen LogP) is 1.86. The van der Waals surface area contributed by atoms with Gasteiger partial charge in [-0.3, -0.25) is 5.01 Å². The Morgan fingerprint density at radius 3 is 2.53 bits per heavy atom. The van der Waals surface area contributed by atoms with Gasteiger partial charge in [-0.2, -0.15) is 4.98 Å². The van der Waals surface area contributed by atoms with Crippen molar-refractivity contribution in [2.24, 2.45) is 5.84 Å². The van der Waals surface area contributed by atoms with Gasteiger partial charge in [-0.05, 0) is 35.9 Å². The predicted molar refractivity (Wildman–Crippen MR) is 64.2 cm³/mol. The van der Waals surface area contributed by atoms with E-state index in [1.54, 1.807) is 0 Å². The van der Waals surface area contributed by atoms with E-state index in [0.717, 1.165) is 0 Å². The lowest BCUT2D eigenvalue weighted by Crippen LogP contribution is -2.27. The third kappa shape index (κ3) is 2.43. The van der Waals surface area contributed by atoms with E-state index in [9.17, 15) is 4.39 Å². The molecule has 5 nitrogen and oxygen atoms in total. The van der Waals surface area contributed by atoms with Crippen LogP contribution in [-0.2, 0) is 0 Å². The van der Waals surface area contributed by atoms with Gasteiger partial charge in [0.25, 0.3) is 0 Å². The van der Waals surface area contributed by atoms with Crippen LogP contribution in [0, 0.1) is 5.82 Å². The minimum atomic E-state index is -0.351. The lowest BCUT2D eigenvalue weighted by Gasteiger charge is -2.18. The Hall–Kier alpha value is -1.92. The van der Waals surface area contributed by atoms with E-state index < -0.39 is 0 Å². The zero-order chi connectivity index (χ0) is 12.4. The van der Waals surface area contributed by atoms with Gasteiger partial charge >= 0.3 is 0 Å². The van der Waals surface area contributed by atoms with Crippen molar-refractivity contribution in [3.8, 4) is 0 Å². The first kappa shape index (κ1) is 11.6. The Morgan fingerprint density at radius 2 is 1.88 bits per heavy atom. The number of nitrogens with zero attached hydrogens (tertiary/aromatic N) is 3. The number of halogens is 2. The van der Waals surface area contributed by atoms with Gasteiger partial charge in [0.1, 0.15) is 5.82 Å². The van der Waals surface area contributed by atoms with Gasteiger partial charge in [-0.15, -0.1) is 0 Å². The van der Waals surface area contributed by atoms with E-state index in [1.807, 2.05) is 0 Å². The molecule has 0 saturated carbocycles. The molecule has 0 atom stereocenters. The molecule has 0 saturated heterocycles. The molecule has 0 fully saturated rings. The van der Waals surface area contributed by atoms with Gasteiger partial charge in [-0.1, -0.05) is 0 Å². The van der Waals surface area contributed by atoms with Crippen LogP contribution in [0.2, 0.25) is 5.28 Å². The summed E-state index contributed by atoms with van der Waals surface area (Å²) in [4.78, 5) is 7.62. The highest BCUT2D eigenvalue weighted by molar-refractivity contribution is 6.28. The fourth-order valence-corrected chi connectivity index (χ4v) is 1.41. The van der Waals surface area contributed by atoms with Crippen molar-refractivity contribution >= 4 is 28.8 Å². The molecule has 0 amide bonds. The molecule has 0 radical (unpaired) electrons. The molecule has 0 spiro atoms. The molecular formula is C10H9ClFN5. The maximum Gasteiger partial charge on any atom is 0.224 e. The Balaban J connectivity index is 2.39. The molecular weight excluding hydrogens is 245 g/mol. The molecule has 4 N–H and O–H groups in total. The summed E-state index contributed by atoms with van der Waals surface area (Å²) < 4.78 is 12.8.